The minimum atomic E-state index is -0.259. The summed E-state index contributed by atoms with van der Waals surface area (Å²) in [6, 6.07) is 8.96. The van der Waals surface area contributed by atoms with Crippen LogP contribution in [0.4, 0.5) is 10.5 Å². The Morgan fingerprint density at radius 1 is 1.42 bits per heavy atom. The number of thiazole rings is 1. The number of carbonyl (C=O) groups excluding carboxylic acids is 2. The molecule has 3 rings (SSSR count). The Kier molecular flexibility index (Phi) is 5.10. The van der Waals surface area contributed by atoms with Gasteiger partial charge in [0.15, 0.2) is 0 Å². The minimum absolute atomic E-state index is 0.0264. The Hall–Kier alpha value is -2.41. The zero-order valence-corrected chi connectivity index (χ0v) is 14.3. The van der Waals surface area contributed by atoms with Crippen LogP contribution in [0, 0.1) is 0 Å². The van der Waals surface area contributed by atoms with Crippen LogP contribution in [-0.4, -0.2) is 29.5 Å². The van der Waals surface area contributed by atoms with Gasteiger partial charge in [-0.15, -0.1) is 11.3 Å². The van der Waals surface area contributed by atoms with Crippen LogP contribution in [0.15, 0.2) is 41.9 Å². The van der Waals surface area contributed by atoms with E-state index < -0.39 is 0 Å². The zero-order chi connectivity index (χ0) is 16.9. The number of nitrogens with zero attached hydrogens (tertiary/aromatic N) is 2. The first-order chi connectivity index (χ1) is 11.7. The standard InChI is InChI=1S/C17H20N4O2S/c1-2-14(16-18-8-9-24-16)20-17(23)19-12-10-15(22)21(11-12)13-6-4-3-5-7-13/h3-9,12,14H,2,10-11H2,1H3,(H2,19,20,23)/t12-,14+/m1/s1. The monoisotopic (exact) mass is 344 g/mol. The van der Waals surface area contributed by atoms with Gasteiger partial charge in [-0.2, -0.15) is 0 Å². The summed E-state index contributed by atoms with van der Waals surface area (Å²) in [5.41, 5.74) is 0.862. The number of hydrogen-bond acceptors (Lipinski definition) is 4. The highest BCUT2D eigenvalue weighted by Gasteiger charge is 2.31. The Balaban J connectivity index is 1.57. The van der Waals surface area contributed by atoms with Crippen LogP contribution in [0.1, 0.15) is 30.8 Å². The second-order valence-corrected chi connectivity index (χ2v) is 6.62. The average Bonchev–Trinajstić information content (AvgIpc) is 3.23. The predicted molar refractivity (Wildman–Crippen MR) is 94.0 cm³/mol. The van der Waals surface area contributed by atoms with Gasteiger partial charge in [0, 0.05) is 30.2 Å². The molecule has 126 valence electrons. The molecule has 1 aliphatic heterocycles. The van der Waals surface area contributed by atoms with Crippen molar-refractivity contribution >= 4 is 29.0 Å². The second-order valence-electron chi connectivity index (χ2n) is 5.69. The van der Waals surface area contributed by atoms with Crippen molar-refractivity contribution in [2.75, 3.05) is 11.4 Å². The molecule has 0 radical (unpaired) electrons. The minimum Gasteiger partial charge on any atom is -0.333 e. The summed E-state index contributed by atoms with van der Waals surface area (Å²) in [5.74, 6) is 0.0264. The third kappa shape index (κ3) is 3.73. The molecular formula is C17H20N4O2S. The van der Waals surface area contributed by atoms with Gasteiger partial charge in [0.05, 0.1) is 12.1 Å². The number of nitrogens with one attached hydrogen (secondary N) is 2. The van der Waals surface area contributed by atoms with Crippen molar-refractivity contribution < 1.29 is 9.59 Å². The number of carbonyl (C=O) groups is 2. The lowest BCUT2D eigenvalue weighted by Crippen LogP contribution is -2.44. The molecule has 2 N–H and O–H groups in total. The van der Waals surface area contributed by atoms with Crippen molar-refractivity contribution in [1.29, 1.82) is 0 Å². The average molecular weight is 344 g/mol. The molecule has 1 aromatic heterocycles. The van der Waals surface area contributed by atoms with E-state index in [1.807, 2.05) is 42.6 Å². The summed E-state index contributed by atoms with van der Waals surface area (Å²) in [6.07, 6.45) is 2.81. The van der Waals surface area contributed by atoms with Crippen molar-refractivity contribution in [3.05, 3.63) is 46.9 Å². The van der Waals surface area contributed by atoms with E-state index >= 15 is 0 Å². The SMILES string of the molecule is CC[C@H](NC(=O)N[C@@H]1CC(=O)N(c2ccccc2)C1)c1nccs1. The third-order valence-electron chi connectivity index (χ3n) is 3.99. The largest absolute Gasteiger partial charge is 0.333 e. The first kappa shape index (κ1) is 16.4. The molecule has 24 heavy (non-hydrogen) atoms. The van der Waals surface area contributed by atoms with Crippen LogP contribution in [0.2, 0.25) is 0 Å². The number of hydrogen-bond donors (Lipinski definition) is 2. The van der Waals surface area contributed by atoms with Crippen molar-refractivity contribution in [2.45, 2.75) is 31.8 Å². The van der Waals surface area contributed by atoms with Gasteiger partial charge in [0.2, 0.25) is 5.91 Å². The fourth-order valence-corrected chi connectivity index (χ4v) is 3.56. The molecule has 1 aliphatic rings. The van der Waals surface area contributed by atoms with Gasteiger partial charge in [-0.1, -0.05) is 25.1 Å². The normalized spacial score (nSPS) is 18.5. The molecular weight excluding hydrogens is 324 g/mol. The Bertz CT molecular complexity index is 690. The maximum absolute atomic E-state index is 12.2. The van der Waals surface area contributed by atoms with Crippen LogP contribution < -0.4 is 15.5 Å². The number of benzene rings is 1. The molecule has 1 aromatic carbocycles. The zero-order valence-electron chi connectivity index (χ0n) is 13.4. The van der Waals surface area contributed by atoms with Crippen LogP contribution in [0.5, 0.6) is 0 Å². The molecule has 6 nitrogen and oxygen atoms in total. The molecule has 0 aliphatic carbocycles. The number of para-hydroxylation sites is 1. The van der Waals surface area contributed by atoms with E-state index in [1.54, 1.807) is 11.1 Å². The number of anilines is 1. The molecule has 1 fully saturated rings. The maximum Gasteiger partial charge on any atom is 0.315 e. The van der Waals surface area contributed by atoms with E-state index in [-0.39, 0.29) is 24.0 Å². The van der Waals surface area contributed by atoms with Gasteiger partial charge in [-0.3, -0.25) is 4.79 Å². The Labute approximate surface area is 144 Å². The van der Waals surface area contributed by atoms with E-state index in [9.17, 15) is 9.59 Å². The van der Waals surface area contributed by atoms with Gasteiger partial charge < -0.3 is 15.5 Å². The van der Waals surface area contributed by atoms with E-state index in [2.05, 4.69) is 15.6 Å². The van der Waals surface area contributed by atoms with Gasteiger partial charge >= 0.3 is 6.03 Å². The highest BCUT2D eigenvalue weighted by atomic mass is 32.1. The lowest BCUT2D eigenvalue weighted by atomic mass is 10.2. The molecule has 3 amide bonds. The van der Waals surface area contributed by atoms with Gasteiger partial charge in [-0.05, 0) is 18.6 Å². The van der Waals surface area contributed by atoms with Crippen molar-refractivity contribution in [2.24, 2.45) is 0 Å². The highest BCUT2D eigenvalue weighted by Crippen LogP contribution is 2.21. The molecule has 0 bridgehead atoms. The van der Waals surface area contributed by atoms with E-state index in [0.29, 0.717) is 13.0 Å². The highest BCUT2D eigenvalue weighted by molar-refractivity contribution is 7.09. The maximum atomic E-state index is 12.2. The van der Waals surface area contributed by atoms with E-state index in [0.717, 1.165) is 17.1 Å². The van der Waals surface area contributed by atoms with Crippen LogP contribution >= 0.6 is 11.3 Å². The van der Waals surface area contributed by atoms with Crippen molar-refractivity contribution in [3.63, 3.8) is 0 Å². The number of rotatable bonds is 5. The Morgan fingerprint density at radius 2 is 2.21 bits per heavy atom. The van der Waals surface area contributed by atoms with Crippen LogP contribution in [0.25, 0.3) is 0 Å². The number of aromatic nitrogens is 1. The predicted octanol–water partition coefficient (Wildman–Crippen LogP) is 2.70. The summed E-state index contributed by atoms with van der Waals surface area (Å²) >= 11 is 1.52. The van der Waals surface area contributed by atoms with Crippen molar-refractivity contribution in [1.82, 2.24) is 15.6 Å². The summed E-state index contributed by atoms with van der Waals surface area (Å²) < 4.78 is 0. The fraction of sp³-hybridized carbons (Fsp3) is 0.353. The van der Waals surface area contributed by atoms with E-state index in [1.165, 1.54) is 11.3 Å². The van der Waals surface area contributed by atoms with Gasteiger partial charge in [-0.25, -0.2) is 9.78 Å². The summed E-state index contributed by atoms with van der Waals surface area (Å²) in [7, 11) is 0. The Morgan fingerprint density at radius 3 is 2.88 bits per heavy atom. The molecule has 0 unspecified atom stereocenters. The molecule has 0 spiro atoms. The molecule has 0 saturated carbocycles. The first-order valence-corrected chi connectivity index (χ1v) is 8.87. The first-order valence-electron chi connectivity index (χ1n) is 7.99. The summed E-state index contributed by atoms with van der Waals surface area (Å²) in [6.45, 7) is 2.49. The molecule has 2 heterocycles. The van der Waals surface area contributed by atoms with Crippen LogP contribution in [0.3, 0.4) is 0 Å². The van der Waals surface area contributed by atoms with Crippen LogP contribution in [-0.2, 0) is 4.79 Å². The smallest absolute Gasteiger partial charge is 0.315 e. The van der Waals surface area contributed by atoms with E-state index in [4.69, 9.17) is 0 Å². The molecule has 2 atom stereocenters. The van der Waals surface area contributed by atoms with Gasteiger partial charge in [0.25, 0.3) is 0 Å². The van der Waals surface area contributed by atoms with Gasteiger partial charge in [0.1, 0.15) is 5.01 Å². The third-order valence-corrected chi connectivity index (χ3v) is 4.88. The summed E-state index contributed by atoms with van der Waals surface area (Å²) in [4.78, 5) is 30.4. The topological polar surface area (TPSA) is 74.3 Å². The summed E-state index contributed by atoms with van der Waals surface area (Å²) in [5, 5.41) is 8.62. The lowest BCUT2D eigenvalue weighted by Gasteiger charge is -2.19. The fourth-order valence-electron chi connectivity index (χ4n) is 2.79. The number of amides is 3. The molecule has 1 saturated heterocycles. The molecule has 7 heteroatoms. The quantitative estimate of drug-likeness (QED) is 0.876. The lowest BCUT2D eigenvalue weighted by molar-refractivity contribution is -0.117. The number of urea groups is 1. The van der Waals surface area contributed by atoms with Crippen molar-refractivity contribution in [3.8, 4) is 0 Å². The molecule has 2 aromatic rings. The second kappa shape index (κ2) is 7.44.